The van der Waals surface area contributed by atoms with E-state index in [1.807, 2.05) is 18.2 Å². The summed E-state index contributed by atoms with van der Waals surface area (Å²) in [5, 5.41) is 21.8. The van der Waals surface area contributed by atoms with Gasteiger partial charge in [-0.1, -0.05) is 59.7 Å². The Morgan fingerprint density at radius 3 is 1.86 bits per heavy atom. The Labute approximate surface area is 175 Å². The van der Waals surface area contributed by atoms with E-state index in [0.717, 1.165) is 35.3 Å². The van der Waals surface area contributed by atoms with Gasteiger partial charge >= 0.3 is 0 Å². The lowest BCUT2D eigenvalue weighted by molar-refractivity contribution is 0.0235. The van der Waals surface area contributed by atoms with Gasteiger partial charge < -0.3 is 14.9 Å². The van der Waals surface area contributed by atoms with E-state index in [-0.39, 0.29) is 16.9 Å². The number of nitrogens with zero attached hydrogens (tertiary/aromatic N) is 1. The first kappa shape index (κ1) is 21.7. The van der Waals surface area contributed by atoms with Crippen molar-refractivity contribution in [1.82, 2.24) is 4.90 Å². The van der Waals surface area contributed by atoms with Gasteiger partial charge in [0.05, 0.1) is 19.3 Å². The molecule has 0 unspecified atom stereocenters. The first-order valence-electron chi connectivity index (χ1n) is 10.5. The fraction of sp³-hybridized carbons (Fsp3) is 0.520. The van der Waals surface area contributed by atoms with Crippen LogP contribution in [0.25, 0.3) is 0 Å². The van der Waals surface area contributed by atoms with E-state index in [2.05, 4.69) is 58.6 Å². The fourth-order valence-corrected chi connectivity index (χ4v) is 4.10. The number of rotatable bonds is 3. The summed E-state index contributed by atoms with van der Waals surface area (Å²) in [7, 11) is 0. The molecular weight excluding hydrogens is 362 g/mol. The molecule has 1 atom stereocenters. The van der Waals surface area contributed by atoms with E-state index < -0.39 is 0 Å². The Kier molecular flexibility index (Phi) is 5.98. The van der Waals surface area contributed by atoms with Gasteiger partial charge in [0.15, 0.2) is 0 Å². The zero-order valence-electron chi connectivity index (χ0n) is 18.6. The van der Waals surface area contributed by atoms with Gasteiger partial charge in [-0.05, 0) is 45.7 Å². The maximum absolute atomic E-state index is 11.1. The maximum Gasteiger partial charge on any atom is 0.123 e. The quantitative estimate of drug-likeness (QED) is 0.755. The van der Waals surface area contributed by atoms with Gasteiger partial charge in [0.1, 0.15) is 11.5 Å². The van der Waals surface area contributed by atoms with Crippen LogP contribution in [0, 0.1) is 0 Å². The summed E-state index contributed by atoms with van der Waals surface area (Å²) in [5.41, 5.74) is 3.46. The second-order valence-electron chi connectivity index (χ2n) is 10.1. The van der Waals surface area contributed by atoms with Gasteiger partial charge in [-0.3, -0.25) is 4.90 Å². The highest BCUT2D eigenvalue weighted by Gasteiger charge is 2.32. The third-order valence-electron chi connectivity index (χ3n) is 5.71. The van der Waals surface area contributed by atoms with Crippen LogP contribution in [-0.4, -0.2) is 41.4 Å². The summed E-state index contributed by atoms with van der Waals surface area (Å²) >= 11 is 0. The Bertz CT molecular complexity index is 820. The van der Waals surface area contributed by atoms with Gasteiger partial charge in [0.25, 0.3) is 0 Å². The van der Waals surface area contributed by atoms with Crippen LogP contribution in [0.4, 0.5) is 0 Å². The van der Waals surface area contributed by atoms with Crippen LogP contribution in [0.15, 0.2) is 36.4 Å². The van der Waals surface area contributed by atoms with Crippen LogP contribution in [0.1, 0.15) is 69.8 Å². The molecule has 2 aromatic carbocycles. The van der Waals surface area contributed by atoms with Crippen molar-refractivity contribution in [3.05, 3.63) is 58.7 Å². The molecule has 3 rings (SSSR count). The van der Waals surface area contributed by atoms with Crippen LogP contribution in [0.5, 0.6) is 11.5 Å². The van der Waals surface area contributed by atoms with E-state index in [9.17, 15) is 10.2 Å². The molecule has 4 heteroatoms. The Balaban J connectivity index is 2.26. The first-order chi connectivity index (χ1) is 13.5. The maximum atomic E-state index is 11.1. The third-order valence-corrected chi connectivity index (χ3v) is 5.71. The van der Waals surface area contributed by atoms with E-state index in [1.54, 1.807) is 6.07 Å². The van der Waals surface area contributed by atoms with Crippen molar-refractivity contribution in [2.45, 2.75) is 58.4 Å². The molecule has 158 valence electrons. The summed E-state index contributed by atoms with van der Waals surface area (Å²) < 4.78 is 5.58. The van der Waals surface area contributed by atoms with E-state index >= 15 is 0 Å². The minimum absolute atomic E-state index is 0.0945. The predicted molar refractivity (Wildman–Crippen MR) is 118 cm³/mol. The number of para-hydroxylation sites is 1. The molecule has 0 bridgehead atoms. The van der Waals surface area contributed by atoms with E-state index in [1.165, 1.54) is 0 Å². The molecule has 29 heavy (non-hydrogen) atoms. The predicted octanol–water partition coefficient (Wildman–Crippen LogP) is 5.11. The highest BCUT2D eigenvalue weighted by atomic mass is 16.5. The summed E-state index contributed by atoms with van der Waals surface area (Å²) in [6.45, 7) is 15.7. The lowest BCUT2D eigenvalue weighted by atomic mass is 9.77. The summed E-state index contributed by atoms with van der Waals surface area (Å²) in [6, 6.07) is 11.7. The highest BCUT2D eigenvalue weighted by molar-refractivity contribution is 5.53. The number of aromatic hydroxyl groups is 2. The number of hydrogen-bond donors (Lipinski definition) is 2. The summed E-state index contributed by atoms with van der Waals surface area (Å²) in [5.74, 6) is 0.679. The van der Waals surface area contributed by atoms with Crippen LogP contribution >= 0.6 is 0 Å². The van der Waals surface area contributed by atoms with Crippen LogP contribution < -0.4 is 0 Å². The normalized spacial score (nSPS) is 17.3. The molecule has 1 aliphatic heterocycles. The topological polar surface area (TPSA) is 52.9 Å². The van der Waals surface area contributed by atoms with Crippen molar-refractivity contribution in [3.8, 4) is 11.5 Å². The monoisotopic (exact) mass is 397 g/mol. The molecule has 4 nitrogen and oxygen atoms in total. The summed E-state index contributed by atoms with van der Waals surface area (Å²) in [4.78, 5) is 2.36. The third kappa shape index (κ3) is 4.59. The number of benzene rings is 2. The van der Waals surface area contributed by atoms with E-state index in [4.69, 9.17) is 4.74 Å². The molecule has 2 aromatic rings. The molecular formula is C25H35NO3. The number of phenols is 2. The van der Waals surface area contributed by atoms with Crippen molar-refractivity contribution in [3.63, 3.8) is 0 Å². The standard InChI is InChI=1S/C25H35NO3/c1-24(2,3)19-15-17(16-20(23(19)28)25(4,5)6)22(26-11-13-29-14-12-26)18-9-7-8-10-21(18)27/h7-10,15-16,22,27-28H,11-14H2,1-6H3/t22-/m0/s1. The second-order valence-corrected chi connectivity index (χ2v) is 10.1. The average Bonchev–Trinajstić information content (AvgIpc) is 2.63. The van der Waals surface area contributed by atoms with Gasteiger partial charge in [0.2, 0.25) is 0 Å². The van der Waals surface area contributed by atoms with Crippen LogP contribution in [0.3, 0.4) is 0 Å². The van der Waals surface area contributed by atoms with Crippen molar-refractivity contribution < 1.29 is 14.9 Å². The Morgan fingerprint density at radius 1 is 0.862 bits per heavy atom. The van der Waals surface area contributed by atoms with Crippen LogP contribution in [-0.2, 0) is 15.6 Å². The Morgan fingerprint density at radius 2 is 1.38 bits per heavy atom. The molecule has 1 heterocycles. The number of hydrogen-bond acceptors (Lipinski definition) is 4. The molecule has 0 spiro atoms. The van der Waals surface area contributed by atoms with Crippen molar-refractivity contribution in [1.29, 1.82) is 0 Å². The van der Waals surface area contributed by atoms with Crippen molar-refractivity contribution >= 4 is 0 Å². The number of morpholine rings is 1. The molecule has 0 amide bonds. The minimum Gasteiger partial charge on any atom is -0.508 e. The van der Waals surface area contributed by atoms with Crippen molar-refractivity contribution in [2.24, 2.45) is 0 Å². The van der Waals surface area contributed by atoms with E-state index in [0.29, 0.717) is 24.7 Å². The van der Waals surface area contributed by atoms with Gasteiger partial charge in [-0.2, -0.15) is 0 Å². The second kappa shape index (κ2) is 8.00. The molecule has 0 radical (unpaired) electrons. The average molecular weight is 398 g/mol. The Hall–Kier alpha value is -2.04. The molecule has 0 aromatic heterocycles. The SMILES string of the molecule is CC(C)(C)c1cc([C@@H](c2ccccc2O)N2CCOCC2)cc(C(C)(C)C)c1O. The summed E-state index contributed by atoms with van der Waals surface area (Å²) in [6.07, 6.45) is 0. The molecule has 2 N–H and O–H groups in total. The number of phenolic OH excluding ortho intramolecular Hbond substituents is 2. The molecule has 1 aliphatic rings. The lowest BCUT2D eigenvalue weighted by Crippen LogP contribution is -2.39. The zero-order chi connectivity index (χ0) is 21.4. The number of ether oxygens (including phenoxy) is 1. The lowest BCUT2D eigenvalue weighted by Gasteiger charge is -2.37. The molecule has 0 saturated carbocycles. The zero-order valence-corrected chi connectivity index (χ0v) is 18.6. The molecule has 1 saturated heterocycles. The largest absolute Gasteiger partial charge is 0.508 e. The fourth-order valence-electron chi connectivity index (χ4n) is 4.10. The van der Waals surface area contributed by atoms with Gasteiger partial charge in [0, 0.05) is 18.7 Å². The van der Waals surface area contributed by atoms with Gasteiger partial charge in [-0.15, -0.1) is 0 Å². The van der Waals surface area contributed by atoms with Crippen molar-refractivity contribution in [2.75, 3.05) is 26.3 Å². The smallest absolute Gasteiger partial charge is 0.123 e. The molecule has 1 fully saturated rings. The minimum atomic E-state index is -0.200. The van der Waals surface area contributed by atoms with Gasteiger partial charge in [-0.25, -0.2) is 0 Å². The first-order valence-corrected chi connectivity index (χ1v) is 10.5. The highest BCUT2D eigenvalue weighted by Crippen LogP contribution is 2.43. The molecule has 0 aliphatic carbocycles. The van der Waals surface area contributed by atoms with Crippen LogP contribution in [0.2, 0.25) is 0 Å².